The van der Waals surface area contributed by atoms with Crippen LogP contribution >= 0.6 is 0 Å². The molecule has 0 N–H and O–H groups in total. The maximum Gasteiger partial charge on any atom is 0.261 e. The summed E-state index contributed by atoms with van der Waals surface area (Å²) in [5.41, 5.74) is 1.44. The number of amides is 3. The van der Waals surface area contributed by atoms with Crippen LogP contribution in [0.5, 0.6) is 0 Å². The van der Waals surface area contributed by atoms with Gasteiger partial charge in [-0.25, -0.2) is 0 Å². The van der Waals surface area contributed by atoms with Gasteiger partial charge in [0.05, 0.1) is 17.2 Å². The van der Waals surface area contributed by atoms with Gasteiger partial charge in [0.2, 0.25) is 5.91 Å². The largest absolute Gasteiger partial charge is 0.332 e. The second kappa shape index (κ2) is 7.99. The van der Waals surface area contributed by atoms with Crippen molar-refractivity contribution in [2.24, 2.45) is 0 Å². The smallest absolute Gasteiger partial charge is 0.261 e. The Balaban J connectivity index is 1.35. The molecule has 0 saturated carbocycles. The summed E-state index contributed by atoms with van der Waals surface area (Å²) in [5, 5.41) is 0. The molecule has 4 rings (SSSR count). The van der Waals surface area contributed by atoms with E-state index in [0.717, 1.165) is 6.42 Å². The van der Waals surface area contributed by atoms with E-state index in [0.29, 0.717) is 36.1 Å². The molecule has 0 spiro atoms. The molecule has 6 nitrogen and oxygen atoms in total. The molecule has 0 aliphatic carbocycles. The number of fused-ring (bicyclic) bond motifs is 1. The maximum absolute atomic E-state index is 12.8. The lowest BCUT2D eigenvalue weighted by Crippen LogP contribution is -2.41. The first kappa shape index (κ1) is 19.1. The van der Waals surface area contributed by atoms with Crippen molar-refractivity contribution < 1.29 is 19.2 Å². The number of nitrogens with zero attached hydrogens (tertiary/aromatic N) is 2. The fourth-order valence-electron chi connectivity index (χ4n) is 4.11. The molecular formula is C23H22N2O4. The Hall–Kier alpha value is -3.28. The minimum absolute atomic E-state index is 0.0307. The van der Waals surface area contributed by atoms with Gasteiger partial charge in [-0.05, 0) is 31.4 Å². The van der Waals surface area contributed by atoms with Crippen LogP contribution in [0.4, 0.5) is 0 Å². The van der Waals surface area contributed by atoms with Crippen molar-refractivity contribution in [1.29, 1.82) is 0 Å². The highest BCUT2D eigenvalue weighted by molar-refractivity contribution is 6.21. The summed E-state index contributed by atoms with van der Waals surface area (Å²) in [6.07, 6.45) is 2.05. The molecule has 1 saturated heterocycles. The van der Waals surface area contributed by atoms with E-state index < -0.39 is 6.04 Å². The minimum Gasteiger partial charge on any atom is -0.332 e. The molecule has 2 aromatic rings. The van der Waals surface area contributed by atoms with Crippen molar-refractivity contribution in [3.8, 4) is 0 Å². The van der Waals surface area contributed by atoms with Crippen LogP contribution in [-0.2, 0) is 4.79 Å². The van der Waals surface area contributed by atoms with Crippen molar-refractivity contribution >= 4 is 23.5 Å². The highest BCUT2D eigenvalue weighted by atomic mass is 16.2. The van der Waals surface area contributed by atoms with Gasteiger partial charge >= 0.3 is 0 Å². The lowest BCUT2D eigenvalue weighted by Gasteiger charge is -2.24. The van der Waals surface area contributed by atoms with Gasteiger partial charge in [0.15, 0.2) is 5.78 Å². The predicted molar refractivity (Wildman–Crippen MR) is 107 cm³/mol. The number of imide groups is 1. The second-order valence-corrected chi connectivity index (χ2v) is 7.39. The SMILES string of the molecule is O=C(c1ccccc1)C1CCCN1C(=O)CCCN1C(=O)c2ccccc2C1=O. The van der Waals surface area contributed by atoms with E-state index in [1.165, 1.54) is 4.90 Å². The van der Waals surface area contributed by atoms with Crippen LogP contribution in [-0.4, -0.2) is 52.4 Å². The Morgan fingerprint density at radius 2 is 1.52 bits per heavy atom. The van der Waals surface area contributed by atoms with E-state index >= 15 is 0 Å². The molecule has 148 valence electrons. The average molecular weight is 390 g/mol. The Bertz CT molecular complexity index is 935. The van der Waals surface area contributed by atoms with Crippen molar-refractivity contribution in [3.05, 3.63) is 71.3 Å². The molecular weight excluding hydrogens is 368 g/mol. The average Bonchev–Trinajstić information content (AvgIpc) is 3.33. The molecule has 2 heterocycles. The number of rotatable bonds is 6. The number of ketones is 1. The Morgan fingerprint density at radius 1 is 0.897 bits per heavy atom. The van der Waals surface area contributed by atoms with E-state index in [-0.39, 0.29) is 36.5 Å². The third-order valence-electron chi connectivity index (χ3n) is 5.58. The van der Waals surface area contributed by atoms with E-state index in [4.69, 9.17) is 0 Å². The number of benzene rings is 2. The fraction of sp³-hybridized carbons (Fsp3) is 0.304. The summed E-state index contributed by atoms with van der Waals surface area (Å²) in [5.74, 6) is -0.752. The lowest BCUT2D eigenvalue weighted by atomic mass is 10.0. The highest BCUT2D eigenvalue weighted by Gasteiger charge is 2.36. The molecule has 0 radical (unpaired) electrons. The molecule has 6 heteroatoms. The first-order valence-electron chi connectivity index (χ1n) is 9.92. The fourth-order valence-corrected chi connectivity index (χ4v) is 4.11. The third kappa shape index (κ3) is 3.58. The van der Waals surface area contributed by atoms with Crippen molar-refractivity contribution in [2.45, 2.75) is 31.7 Å². The lowest BCUT2D eigenvalue weighted by molar-refractivity contribution is -0.131. The summed E-state index contributed by atoms with van der Waals surface area (Å²) < 4.78 is 0. The molecule has 1 atom stereocenters. The normalized spacial score (nSPS) is 18.3. The van der Waals surface area contributed by atoms with Gasteiger partial charge in [-0.15, -0.1) is 0 Å². The number of hydrogen-bond donors (Lipinski definition) is 0. The molecule has 3 amide bonds. The topological polar surface area (TPSA) is 74.8 Å². The number of likely N-dealkylation sites (tertiary alicyclic amines) is 1. The Labute approximate surface area is 169 Å². The van der Waals surface area contributed by atoms with Crippen molar-refractivity contribution in [1.82, 2.24) is 9.80 Å². The Morgan fingerprint density at radius 3 is 2.17 bits per heavy atom. The summed E-state index contributed by atoms with van der Waals surface area (Å²) in [6.45, 7) is 0.762. The zero-order valence-corrected chi connectivity index (χ0v) is 16.0. The predicted octanol–water partition coefficient (Wildman–Crippen LogP) is 2.94. The number of hydrogen-bond acceptors (Lipinski definition) is 4. The van der Waals surface area contributed by atoms with E-state index in [9.17, 15) is 19.2 Å². The summed E-state index contributed by atoms with van der Waals surface area (Å²) >= 11 is 0. The van der Waals surface area contributed by atoms with Crippen LogP contribution in [0.25, 0.3) is 0 Å². The van der Waals surface area contributed by atoms with Gasteiger partial charge in [-0.1, -0.05) is 42.5 Å². The van der Waals surface area contributed by atoms with Crippen LogP contribution in [0, 0.1) is 0 Å². The molecule has 29 heavy (non-hydrogen) atoms. The van der Waals surface area contributed by atoms with Gasteiger partial charge in [0, 0.05) is 25.1 Å². The molecule has 0 aromatic heterocycles. The quantitative estimate of drug-likeness (QED) is 0.561. The van der Waals surface area contributed by atoms with E-state index in [1.54, 1.807) is 41.3 Å². The van der Waals surface area contributed by atoms with Crippen LogP contribution in [0.15, 0.2) is 54.6 Å². The van der Waals surface area contributed by atoms with Crippen LogP contribution in [0.3, 0.4) is 0 Å². The molecule has 2 aliphatic heterocycles. The van der Waals surface area contributed by atoms with Gasteiger partial charge < -0.3 is 4.90 Å². The number of carbonyl (C=O) groups excluding carboxylic acids is 4. The van der Waals surface area contributed by atoms with Crippen LogP contribution in [0.2, 0.25) is 0 Å². The van der Waals surface area contributed by atoms with Crippen LogP contribution < -0.4 is 0 Å². The summed E-state index contributed by atoms with van der Waals surface area (Å²) in [6, 6.07) is 15.3. The molecule has 1 fully saturated rings. The van der Waals surface area contributed by atoms with Gasteiger partial charge in [0.25, 0.3) is 11.8 Å². The molecule has 2 aromatic carbocycles. The standard InChI is InChI=1S/C23H22N2O4/c26-20(24-14-6-12-19(24)21(27)16-8-2-1-3-9-16)13-7-15-25-22(28)17-10-4-5-11-18(17)23(25)29/h1-5,8-11,19H,6-7,12-15H2. The molecule has 2 aliphatic rings. The first-order chi connectivity index (χ1) is 14.1. The van der Waals surface area contributed by atoms with E-state index in [2.05, 4.69) is 0 Å². The monoisotopic (exact) mass is 390 g/mol. The minimum atomic E-state index is -0.427. The number of carbonyl (C=O) groups is 4. The van der Waals surface area contributed by atoms with Crippen LogP contribution in [0.1, 0.15) is 56.8 Å². The van der Waals surface area contributed by atoms with Gasteiger partial charge in [0.1, 0.15) is 0 Å². The van der Waals surface area contributed by atoms with E-state index in [1.807, 2.05) is 18.2 Å². The molecule has 0 bridgehead atoms. The summed E-state index contributed by atoms with van der Waals surface area (Å²) in [4.78, 5) is 53.2. The second-order valence-electron chi connectivity index (χ2n) is 7.39. The Kier molecular flexibility index (Phi) is 5.25. The molecule has 1 unspecified atom stereocenters. The first-order valence-corrected chi connectivity index (χ1v) is 9.92. The van der Waals surface area contributed by atoms with Gasteiger partial charge in [-0.2, -0.15) is 0 Å². The van der Waals surface area contributed by atoms with Crippen molar-refractivity contribution in [3.63, 3.8) is 0 Å². The third-order valence-corrected chi connectivity index (χ3v) is 5.58. The maximum atomic E-state index is 12.8. The van der Waals surface area contributed by atoms with Gasteiger partial charge in [-0.3, -0.25) is 24.1 Å². The zero-order valence-electron chi connectivity index (χ0n) is 16.0. The number of Topliss-reactive ketones (excluding diaryl/α,β-unsaturated/α-hetero) is 1. The summed E-state index contributed by atoms with van der Waals surface area (Å²) in [7, 11) is 0. The van der Waals surface area contributed by atoms with Crippen molar-refractivity contribution in [2.75, 3.05) is 13.1 Å². The highest BCUT2D eigenvalue weighted by Crippen LogP contribution is 2.24. The zero-order chi connectivity index (χ0) is 20.4.